The number of ether oxygens (including phenoxy) is 2. The van der Waals surface area contributed by atoms with Crippen molar-refractivity contribution >= 4 is 27.6 Å². The summed E-state index contributed by atoms with van der Waals surface area (Å²) in [6.45, 7) is 2.18. The minimum atomic E-state index is -0.358. The Morgan fingerprint density at radius 2 is 2.17 bits per heavy atom. The summed E-state index contributed by atoms with van der Waals surface area (Å²) in [6.07, 6.45) is 2.09. The average molecular weight is 389 g/mol. The van der Waals surface area contributed by atoms with Crippen LogP contribution in [0.4, 0.5) is 5.69 Å². The van der Waals surface area contributed by atoms with Crippen LogP contribution in [0.2, 0.25) is 0 Å². The van der Waals surface area contributed by atoms with Gasteiger partial charge in [-0.25, -0.2) is 4.79 Å². The van der Waals surface area contributed by atoms with Gasteiger partial charge < -0.3 is 14.4 Å². The number of morpholine rings is 1. The molecule has 0 unspecified atom stereocenters. The van der Waals surface area contributed by atoms with Crippen molar-refractivity contribution in [2.75, 3.05) is 24.7 Å². The number of nitrogens with zero attached hydrogens (tertiary/aromatic N) is 2. The van der Waals surface area contributed by atoms with Crippen molar-refractivity contribution in [2.45, 2.75) is 18.6 Å². The monoisotopic (exact) mass is 388 g/mol. The number of benzene rings is 1. The first-order valence-corrected chi connectivity index (χ1v) is 8.77. The Kier molecular flexibility index (Phi) is 4.24. The highest BCUT2D eigenvalue weighted by Crippen LogP contribution is 2.40. The molecule has 2 atom stereocenters. The molecule has 1 aromatic heterocycles. The smallest absolute Gasteiger partial charge is 0.338 e. The van der Waals surface area contributed by atoms with Gasteiger partial charge in [0, 0.05) is 23.6 Å². The SMILES string of the molecule is O=C(O[C@H]1C[C@@H]2COCCN2c2cc(Br)cnc21)c1ccccc1. The summed E-state index contributed by atoms with van der Waals surface area (Å²) in [4.78, 5) is 19.3. The van der Waals surface area contributed by atoms with E-state index in [1.165, 1.54) is 0 Å². The lowest BCUT2D eigenvalue weighted by molar-refractivity contribution is 0.0133. The Bertz CT molecular complexity index is 753. The van der Waals surface area contributed by atoms with Crippen LogP contribution in [0, 0.1) is 0 Å². The molecule has 1 saturated heterocycles. The van der Waals surface area contributed by atoms with Crippen molar-refractivity contribution in [2.24, 2.45) is 0 Å². The van der Waals surface area contributed by atoms with E-state index in [4.69, 9.17) is 9.47 Å². The van der Waals surface area contributed by atoms with Crippen molar-refractivity contribution in [1.29, 1.82) is 0 Å². The van der Waals surface area contributed by atoms with Crippen molar-refractivity contribution in [3.8, 4) is 0 Å². The number of carbonyl (C=O) groups excluding carboxylic acids is 1. The third kappa shape index (κ3) is 2.91. The number of aromatic nitrogens is 1. The van der Waals surface area contributed by atoms with Gasteiger partial charge in [-0.1, -0.05) is 18.2 Å². The summed E-state index contributed by atoms with van der Waals surface area (Å²) >= 11 is 3.49. The maximum atomic E-state index is 12.4. The van der Waals surface area contributed by atoms with Crippen LogP contribution >= 0.6 is 15.9 Å². The summed E-state index contributed by atoms with van der Waals surface area (Å²) in [5.74, 6) is -0.318. The maximum absolute atomic E-state index is 12.4. The highest BCUT2D eigenvalue weighted by atomic mass is 79.9. The molecule has 2 aromatic rings. The fourth-order valence-electron chi connectivity index (χ4n) is 3.32. The van der Waals surface area contributed by atoms with Crippen LogP contribution in [-0.4, -0.2) is 36.8 Å². The Labute approximate surface area is 148 Å². The van der Waals surface area contributed by atoms with Crippen LogP contribution in [0.3, 0.4) is 0 Å². The summed E-state index contributed by atoms with van der Waals surface area (Å²) in [5.41, 5.74) is 2.40. The minimum Gasteiger partial charge on any atom is -0.452 e. The van der Waals surface area contributed by atoms with Gasteiger partial charge in [0.15, 0.2) is 0 Å². The van der Waals surface area contributed by atoms with E-state index in [0.717, 1.165) is 22.4 Å². The molecule has 24 heavy (non-hydrogen) atoms. The number of rotatable bonds is 2. The van der Waals surface area contributed by atoms with Gasteiger partial charge in [0.2, 0.25) is 0 Å². The zero-order valence-electron chi connectivity index (χ0n) is 13.0. The van der Waals surface area contributed by atoms with E-state index in [0.29, 0.717) is 25.2 Å². The first-order valence-electron chi connectivity index (χ1n) is 7.98. The first-order chi connectivity index (χ1) is 11.7. The summed E-state index contributed by atoms with van der Waals surface area (Å²) in [6, 6.07) is 11.3. The standard InChI is InChI=1S/C18H17BrN2O3/c19-13-8-15-17(20-10-13)16(9-14-11-23-7-6-21(14)15)24-18(22)12-4-2-1-3-5-12/h1-5,8,10,14,16H,6-7,9,11H2/t14-,16+/m1/s1. The molecule has 124 valence electrons. The Balaban J connectivity index is 1.65. The Morgan fingerprint density at radius 3 is 3.00 bits per heavy atom. The largest absolute Gasteiger partial charge is 0.452 e. The number of fused-ring (bicyclic) bond motifs is 3. The van der Waals surface area contributed by atoms with Crippen LogP contribution in [0.1, 0.15) is 28.6 Å². The lowest BCUT2D eigenvalue weighted by Gasteiger charge is -2.43. The van der Waals surface area contributed by atoms with Gasteiger partial charge in [-0.2, -0.15) is 0 Å². The van der Waals surface area contributed by atoms with Crippen molar-refractivity contribution in [3.05, 3.63) is 58.3 Å². The molecule has 0 aliphatic carbocycles. The van der Waals surface area contributed by atoms with Crippen LogP contribution in [0.5, 0.6) is 0 Å². The topological polar surface area (TPSA) is 51.7 Å². The van der Waals surface area contributed by atoms with E-state index in [1.54, 1.807) is 18.3 Å². The number of halogens is 1. The minimum absolute atomic E-state index is 0.205. The number of hydrogen-bond acceptors (Lipinski definition) is 5. The molecule has 0 spiro atoms. The Hall–Kier alpha value is -1.92. The molecule has 0 radical (unpaired) electrons. The fourth-order valence-corrected chi connectivity index (χ4v) is 3.64. The van der Waals surface area contributed by atoms with E-state index in [2.05, 4.69) is 25.8 Å². The van der Waals surface area contributed by atoms with E-state index in [1.807, 2.05) is 24.3 Å². The second-order valence-corrected chi connectivity index (χ2v) is 6.89. The predicted molar refractivity (Wildman–Crippen MR) is 93.1 cm³/mol. The van der Waals surface area contributed by atoms with E-state index in [9.17, 15) is 4.79 Å². The number of pyridine rings is 1. The molecule has 3 heterocycles. The van der Waals surface area contributed by atoms with Crippen molar-refractivity contribution in [1.82, 2.24) is 4.98 Å². The zero-order valence-corrected chi connectivity index (χ0v) is 14.6. The van der Waals surface area contributed by atoms with Gasteiger partial charge in [0.1, 0.15) is 11.8 Å². The zero-order chi connectivity index (χ0) is 16.5. The van der Waals surface area contributed by atoms with Crippen molar-refractivity contribution in [3.63, 3.8) is 0 Å². The van der Waals surface area contributed by atoms with Gasteiger partial charge in [0.25, 0.3) is 0 Å². The molecular formula is C18H17BrN2O3. The van der Waals surface area contributed by atoms with Crippen LogP contribution < -0.4 is 4.90 Å². The third-order valence-electron chi connectivity index (χ3n) is 4.45. The van der Waals surface area contributed by atoms with Gasteiger partial charge >= 0.3 is 5.97 Å². The van der Waals surface area contributed by atoms with Gasteiger partial charge in [0.05, 0.1) is 30.5 Å². The van der Waals surface area contributed by atoms with Gasteiger partial charge in [-0.15, -0.1) is 0 Å². The molecular weight excluding hydrogens is 372 g/mol. The van der Waals surface area contributed by atoms with Crippen LogP contribution in [0.25, 0.3) is 0 Å². The Morgan fingerprint density at radius 1 is 1.33 bits per heavy atom. The summed E-state index contributed by atoms with van der Waals surface area (Å²) in [7, 11) is 0. The molecule has 0 bridgehead atoms. The average Bonchev–Trinajstić information content (AvgIpc) is 2.62. The van der Waals surface area contributed by atoms with Crippen LogP contribution in [0.15, 0.2) is 47.1 Å². The normalized spacial score (nSPS) is 22.5. The molecule has 1 aromatic carbocycles. The molecule has 2 aliphatic heterocycles. The lowest BCUT2D eigenvalue weighted by Crippen LogP contribution is -2.49. The van der Waals surface area contributed by atoms with Crippen LogP contribution in [-0.2, 0) is 9.47 Å². The maximum Gasteiger partial charge on any atom is 0.338 e. The second-order valence-electron chi connectivity index (χ2n) is 5.98. The van der Waals surface area contributed by atoms with E-state index >= 15 is 0 Å². The number of esters is 1. The van der Waals surface area contributed by atoms with Crippen molar-refractivity contribution < 1.29 is 14.3 Å². The molecule has 0 saturated carbocycles. The van der Waals surface area contributed by atoms with Gasteiger partial charge in [-0.3, -0.25) is 4.98 Å². The predicted octanol–water partition coefficient (Wildman–Crippen LogP) is 3.35. The molecule has 0 amide bonds. The highest BCUT2D eigenvalue weighted by Gasteiger charge is 2.37. The quantitative estimate of drug-likeness (QED) is 0.738. The summed E-state index contributed by atoms with van der Waals surface area (Å²) < 4.78 is 12.3. The molecule has 6 heteroatoms. The third-order valence-corrected chi connectivity index (χ3v) is 4.88. The highest BCUT2D eigenvalue weighted by molar-refractivity contribution is 9.10. The number of anilines is 1. The lowest BCUT2D eigenvalue weighted by atomic mass is 9.96. The molecule has 0 N–H and O–H groups in total. The van der Waals surface area contributed by atoms with E-state index in [-0.39, 0.29) is 18.1 Å². The van der Waals surface area contributed by atoms with E-state index < -0.39 is 0 Å². The number of hydrogen-bond donors (Lipinski definition) is 0. The molecule has 5 nitrogen and oxygen atoms in total. The molecule has 2 aliphatic rings. The second kappa shape index (κ2) is 6.53. The first kappa shape index (κ1) is 15.6. The van der Waals surface area contributed by atoms with Gasteiger partial charge in [-0.05, 0) is 34.1 Å². The molecule has 4 rings (SSSR count). The fraction of sp³-hybridized carbons (Fsp3) is 0.333. The molecule has 1 fully saturated rings. The summed E-state index contributed by atoms with van der Waals surface area (Å²) in [5, 5.41) is 0. The number of carbonyl (C=O) groups is 1.